The summed E-state index contributed by atoms with van der Waals surface area (Å²) in [5.41, 5.74) is 3.34. The molecule has 1 aromatic heterocycles. The maximum absolute atomic E-state index is 12.4. The van der Waals surface area contributed by atoms with E-state index in [0.717, 1.165) is 17.7 Å². The van der Waals surface area contributed by atoms with Gasteiger partial charge in [0.2, 0.25) is 0 Å². The summed E-state index contributed by atoms with van der Waals surface area (Å²) in [6, 6.07) is 11.8. The van der Waals surface area contributed by atoms with E-state index in [1.165, 1.54) is 5.56 Å². The highest BCUT2D eigenvalue weighted by Crippen LogP contribution is 2.19. The molecule has 1 aromatic carbocycles. The van der Waals surface area contributed by atoms with Crippen LogP contribution in [0.25, 0.3) is 11.3 Å². The first-order valence-corrected chi connectivity index (χ1v) is 7.13. The van der Waals surface area contributed by atoms with Gasteiger partial charge in [-0.1, -0.05) is 31.2 Å². The molecule has 1 heterocycles. The van der Waals surface area contributed by atoms with Crippen LogP contribution < -0.4 is 5.56 Å². The van der Waals surface area contributed by atoms with E-state index in [1.807, 2.05) is 18.2 Å². The molecule has 21 heavy (non-hydrogen) atoms. The highest BCUT2D eigenvalue weighted by Gasteiger charge is 2.10. The summed E-state index contributed by atoms with van der Waals surface area (Å²) in [5, 5.41) is 9.25. The van der Waals surface area contributed by atoms with Gasteiger partial charge in [-0.05, 0) is 29.7 Å². The Balaban J connectivity index is 2.50. The Hall–Kier alpha value is -1.91. The van der Waals surface area contributed by atoms with E-state index in [4.69, 9.17) is 4.74 Å². The van der Waals surface area contributed by atoms with Gasteiger partial charge in [-0.2, -0.15) is 0 Å². The molecule has 0 bridgehead atoms. The second-order valence-electron chi connectivity index (χ2n) is 4.90. The summed E-state index contributed by atoms with van der Waals surface area (Å²) in [6.45, 7) is 2.78. The number of benzene rings is 1. The number of methoxy groups -OCH3 is 1. The van der Waals surface area contributed by atoms with Crippen LogP contribution >= 0.6 is 0 Å². The van der Waals surface area contributed by atoms with Gasteiger partial charge >= 0.3 is 0 Å². The molecule has 0 saturated carbocycles. The first kappa shape index (κ1) is 15.5. The van der Waals surface area contributed by atoms with Crippen LogP contribution in [0.15, 0.2) is 41.2 Å². The lowest BCUT2D eigenvalue weighted by atomic mass is 10.1. The number of hydrogen-bond donors (Lipinski definition) is 1. The molecule has 2 aromatic rings. The predicted octanol–water partition coefficient (Wildman–Crippen LogP) is 2.22. The Morgan fingerprint density at radius 3 is 2.43 bits per heavy atom. The molecule has 2 rings (SSSR count). The number of aliphatic hydroxyl groups is 1. The smallest absolute Gasteiger partial charge is 0.256 e. The minimum Gasteiger partial charge on any atom is -0.391 e. The van der Waals surface area contributed by atoms with Crippen LogP contribution in [0.4, 0.5) is 0 Å². The van der Waals surface area contributed by atoms with Crippen LogP contribution in [-0.4, -0.2) is 23.4 Å². The quantitative estimate of drug-likeness (QED) is 0.886. The number of aromatic nitrogens is 1. The predicted molar refractivity (Wildman–Crippen MR) is 83.3 cm³/mol. The normalized spacial score (nSPS) is 10.8. The summed E-state index contributed by atoms with van der Waals surface area (Å²) in [6.07, 6.45) is 0.986. The van der Waals surface area contributed by atoms with E-state index in [1.54, 1.807) is 17.7 Å². The van der Waals surface area contributed by atoms with E-state index in [0.29, 0.717) is 18.7 Å². The van der Waals surface area contributed by atoms with Gasteiger partial charge in [0.15, 0.2) is 0 Å². The molecule has 0 amide bonds. The van der Waals surface area contributed by atoms with E-state index >= 15 is 0 Å². The van der Waals surface area contributed by atoms with Crippen molar-refractivity contribution in [3.8, 4) is 11.3 Å². The fraction of sp³-hybridized carbons (Fsp3) is 0.353. The summed E-state index contributed by atoms with van der Waals surface area (Å²) in [5.74, 6) is 0. The van der Waals surface area contributed by atoms with Crippen LogP contribution in [-0.2, 0) is 24.3 Å². The number of rotatable bonds is 6. The lowest BCUT2D eigenvalue weighted by Gasteiger charge is -2.14. The molecule has 0 aliphatic carbocycles. The number of aliphatic hydroxyl groups excluding tert-OH is 1. The second-order valence-corrected chi connectivity index (χ2v) is 4.90. The molecule has 0 aliphatic heterocycles. The van der Waals surface area contributed by atoms with Gasteiger partial charge in [-0.25, -0.2) is 0 Å². The van der Waals surface area contributed by atoms with E-state index in [9.17, 15) is 9.90 Å². The summed E-state index contributed by atoms with van der Waals surface area (Å²) in [4.78, 5) is 12.4. The summed E-state index contributed by atoms with van der Waals surface area (Å²) >= 11 is 0. The lowest BCUT2D eigenvalue weighted by molar-refractivity contribution is 0.186. The van der Waals surface area contributed by atoms with Crippen molar-refractivity contribution < 1.29 is 9.84 Å². The molecule has 0 unspecified atom stereocenters. The highest BCUT2D eigenvalue weighted by atomic mass is 16.5. The zero-order valence-electron chi connectivity index (χ0n) is 12.5. The minimum absolute atomic E-state index is 0.161. The first-order chi connectivity index (χ1) is 10.2. The van der Waals surface area contributed by atoms with Crippen molar-refractivity contribution in [2.24, 2.45) is 0 Å². The second kappa shape index (κ2) is 7.20. The molecule has 1 N–H and O–H groups in total. The standard InChI is InChI=1S/C17H21NO3/c1-3-13-4-6-14(7-5-13)16-9-8-15(12-19)17(20)18(16)10-11-21-2/h4-9,19H,3,10-12H2,1-2H3. The van der Waals surface area contributed by atoms with Gasteiger partial charge in [0, 0.05) is 19.2 Å². The van der Waals surface area contributed by atoms with Gasteiger partial charge in [0.25, 0.3) is 5.56 Å². The monoisotopic (exact) mass is 287 g/mol. The molecule has 0 radical (unpaired) electrons. The zero-order chi connectivity index (χ0) is 15.2. The topological polar surface area (TPSA) is 51.5 Å². The largest absolute Gasteiger partial charge is 0.391 e. The number of pyridine rings is 1. The molecule has 0 aliphatic rings. The van der Waals surface area contributed by atoms with Crippen LogP contribution in [0.3, 0.4) is 0 Å². The van der Waals surface area contributed by atoms with Gasteiger partial charge in [0.05, 0.1) is 18.9 Å². The fourth-order valence-electron chi connectivity index (χ4n) is 2.31. The SMILES string of the molecule is CCc1ccc(-c2ccc(CO)c(=O)n2CCOC)cc1. The molecule has 0 atom stereocenters. The fourth-order valence-corrected chi connectivity index (χ4v) is 2.31. The third-order valence-corrected chi connectivity index (χ3v) is 3.60. The van der Waals surface area contributed by atoms with E-state index < -0.39 is 0 Å². The van der Waals surface area contributed by atoms with Gasteiger partial charge in [-0.15, -0.1) is 0 Å². The minimum atomic E-state index is -0.249. The molecular weight excluding hydrogens is 266 g/mol. The Labute approximate surface area is 124 Å². The number of hydrogen-bond acceptors (Lipinski definition) is 3. The van der Waals surface area contributed by atoms with Crippen molar-refractivity contribution in [1.82, 2.24) is 4.57 Å². The van der Waals surface area contributed by atoms with Crippen LogP contribution in [0, 0.1) is 0 Å². The molecule has 0 spiro atoms. The first-order valence-electron chi connectivity index (χ1n) is 7.13. The number of ether oxygens (including phenoxy) is 1. The lowest BCUT2D eigenvalue weighted by Crippen LogP contribution is -2.26. The molecule has 4 heteroatoms. The average Bonchev–Trinajstić information content (AvgIpc) is 2.53. The van der Waals surface area contributed by atoms with Crippen molar-refractivity contribution in [3.63, 3.8) is 0 Å². The van der Waals surface area contributed by atoms with Crippen LogP contribution in [0.5, 0.6) is 0 Å². The number of nitrogens with zero attached hydrogens (tertiary/aromatic N) is 1. The van der Waals surface area contributed by atoms with Crippen LogP contribution in [0.1, 0.15) is 18.1 Å². The molecule has 4 nitrogen and oxygen atoms in total. The van der Waals surface area contributed by atoms with Crippen molar-refractivity contribution in [1.29, 1.82) is 0 Å². The van der Waals surface area contributed by atoms with E-state index in [-0.39, 0.29) is 12.2 Å². The third-order valence-electron chi connectivity index (χ3n) is 3.60. The molecular formula is C17H21NO3. The van der Waals surface area contributed by atoms with Crippen LogP contribution in [0.2, 0.25) is 0 Å². The maximum atomic E-state index is 12.4. The van der Waals surface area contributed by atoms with Crippen molar-refractivity contribution >= 4 is 0 Å². The van der Waals surface area contributed by atoms with Gasteiger partial charge in [0.1, 0.15) is 0 Å². The molecule has 112 valence electrons. The Morgan fingerprint density at radius 2 is 1.86 bits per heavy atom. The van der Waals surface area contributed by atoms with Crippen molar-refractivity contribution in [2.75, 3.05) is 13.7 Å². The van der Waals surface area contributed by atoms with Gasteiger partial charge in [-0.3, -0.25) is 4.79 Å². The third kappa shape index (κ3) is 3.40. The maximum Gasteiger partial charge on any atom is 0.256 e. The Morgan fingerprint density at radius 1 is 1.14 bits per heavy atom. The molecule has 0 saturated heterocycles. The van der Waals surface area contributed by atoms with Crippen molar-refractivity contribution in [3.05, 3.63) is 57.9 Å². The van der Waals surface area contributed by atoms with E-state index in [2.05, 4.69) is 19.1 Å². The Kier molecular flexibility index (Phi) is 5.31. The van der Waals surface area contributed by atoms with Crippen molar-refractivity contribution in [2.45, 2.75) is 26.5 Å². The summed E-state index contributed by atoms with van der Waals surface area (Å²) < 4.78 is 6.74. The molecule has 0 fully saturated rings. The summed E-state index contributed by atoms with van der Waals surface area (Å²) in [7, 11) is 1.61. The number of aryl methyl sites for hydroxylation is 1. The zero-order valence-corrected chi connectivity index (χ0v) is 12.5. The van der Waals surface area contributed by atoms with Gasteiger partial charge < -0.3 is 14.4 Å². The highest BCUT2D eigenvalue weighted by molar-refractivity contribution is 5.60. The average molecular weight is 287 g/mol. The Bertz CT molecular complexity index is 644.